The van der Waals surface area contributed by atoms with Crippen molar-refractivity contribution in [3.8, 4) is 0 Å². The van der Waals surface area contributed by atoms with Gasteiger partial charge in [-0.15, -0.1) is 0 Å². The first-order chi connectivity index (χ1) is 12.5. The Kier molecular flexibility index (Phi) is 5.94. The van der Waals surface area contributed by atoms with Gasteiger partial charge in [-0.25, -0.2) is 9.37 Å². The van der Waals surface area contributed by atoms with Crippen LogP contribution in [0.3, 0.4) is 0 Å². The lowest BCUT2D eigenvalue weighted by molar-refractivity contribution is 0.0628. The third kappa shape index (κ3) is 4.07. The zero-order chi connectivity index (χ0) is 18.7. The first kappa shape index (κ1) is 18.9. The van der Waals surface area contributed by atoms with E-state index in [0.29, 0.717) is 19.0 Å². The molecule has 140 valence electrons. The largest absolute Gasteiger partial charge is 0.336 e. The molecule has 26 heavy (non-hydrogen) atoms. The number of hydrogen-bond donors (Lipinski definition) is 0. The molecule has 1 aromatic heterocycles. The van der Waals surface area contributed by atoms with Gasteiger partial charge in [0.05, 0.1) is 10.6 Å². The lowest BCUT2D eigenvalue weighted by atomic mass is 10.1. The second-order valence-electron chi connectivity index (χ2n) is 6.86. The number of hydrogen-bond acceptors (Lipinski definition) is 3. The zero-order valence-electron chi connectivity index (χ0n) is 15.2. The van der Waals surface area contributed by atoms with Crippen LogP contribution < -0.4 is 0 Å². The predicted molar refractivity (Wildman–Crippen MR) is 100 cm³/mol. The fourth-order valence-electron chi connectivity index (χ4n) is 3.29. The minimum Gasteiger partial charge on any atom is -0.336 e. The summed E-state index contributed by atoms with van der Waals surface area (Å²) in [4.78, 5) is 21.0. The van der Waals surface area contributed by atoms with Gasteiger partial charge in [-0.3, -0.25) is 9.69 Å². The Morgan fingerprint density at radius 1 is 1.23 bits per heavy atom. The lowest BCUT2D eigenvalue weighted by Crippen LogP contribution is -2.49. The third-order valence-corrected chi connectivity index (χ3v) is 5.07. The zero-order valence-corrected chi connectivity index (χ0v) is 15.9. The molecule has 1 saturated heterocycles. The number of benzene rings is 1. The monoisotopic (exact) mass is 378 g/mol. The molecule has 3 rings (SSSR count). The van der Waals surface area contributed by atoms with Crippen LogP contribution in [0.25, 0.3) is 0 Å². The molecule has 1 aliphatic rings. The van der Waals surface area contributed by atoms with Gasteiger partial charge < -0.3 is 9.47 Å². The molecule has 0 N–H and O–H groups in total. The van der Waals surface area contributed by atoms with E-state index in [1.807, 2.05) is 12.4 Å². The molecule has 7 heteroatoms. The summed E-state index contributed by atoms with van der Waals surface area (Å²) in [6, 6.07) is 4.33. The van der Waals surface area contributed by atoms with Gasteiger partial charge in [0.1, 0.15) is 11.6 Å². The Balaban J connectivity index is 1.54. The van der Waals surface area contributed by atoms with Crippen LogP contribution in [0.2, 0.25) is 5.02 Å². The fraction of sp³-hybridized carbons (Fsp3) is 0.474. The number of amides is 1. The number of aromatic nitrogens is 2. The number of halogens is 2. The van der Waals surface area contributed by atoms with Crippen LogP contribution in [0.4, 0.5) is 4.39 Å². The van der Waals surface area contributed by atoms with Crippen molar-refractivity contribution in [3.63, 3.8) is 0 Å². The maximum atomic E-state index is 14.0. The number of imidazole rings is 1. The van der Waals surface area contributed by atoms with Crippen molar-refractivity contribution >= 4 is 17.5 Å². The summed E-state index contributed by atoms with van der Waals surface area (Å²) >= 11 is 6.01. The Bertz CT molecular complexity index is 748. The van der Waals surface area contributed by atoms with Gasteiger partial charge >= 0.3 is 0 Å². The molecular weight excluding hydrogens is 355 g/mol. The van der Waals surface area contributed by atoms with Crippen molar-refractivity contribution in [2.45, 2.75) is 26.3 Å². The number of carbonyl (C=O) groups excluding carboxylic acids is 1. The first-order valence-electron chi connectivity index (χ1n) is 8.94. The summed E-state index contributed by atoms with van der Waals surface area (Å²) in [6.45, 7) is 8.73. The van der Waals surface area contributed by atoms with Gasteiger partial charge in [0.15, 0.2) is 0 Å². The smallest absolute Gasteiger partial charge is 0.258 e. The molecule has 0 bridgehead atoms. The van der Waals surface area contributed by atoms with Gasteiger partial charge in [0, 0.05) is 57.6 Å². The van der Waals surface area contributed by atoms with E-state index in [2.05, 4.69) is 28.3 Å². The number of rotatable bonds is 5. The average Bonchev–Trinajstić information content (AvgIpc) is 3.09. The highest BCUT2D eigenvalue weighted by atomic mass is 35.5. The lowest BCUT2D eigenvalue weighted by Gasteiger charge is -2.35. The molecule has 1 aromatic carbocycles. The van der Waals surface area contributed by atoms with Crippen LogP contribution in [0.5, 0.6) is 0 Å². The minimum absolute atomic E-state index is 0.0254. The molecule has 1 amide bonds. The van der Waals surface area contributed by atoms with Crippen LogP contribution in [0, 0.1) is 5.82 Å². The highest BCUT2D eigenvalue weighted by Crippen LogP contribution is 2.21. The third-order valence-electron chi connectivity index (χ3n) is 4.76. The highest BCUT2D eigenvalue weighted by Gasteiger charge is 2.25. The molecule has 1 fully saturated rings. The molecule has 1 aliphatic heterocycles. The molecule has 2 heterocycles. The summed E-state index contributed by atoms with van der Waals surface area (Å²) in [6.07, 6.45) is 3.85. The van der Waals surface area contributed by atoms with E-state index in [1.54, 1.807) is 11.0 Å². The molecular formula is C19H24ClFN4O. The molecule has 2 aromatic rings. The van der Waals surface area contributed by atoms with Crippen molar-refractivity contribution in [2.75, 3.05) is 32.7 Å². The van der Waals surface area contributed by atoms with Crippen molar-refractivity contribution in [1.82, 2.24) is 19.4 Å². The summed E-state index contributed by atoms with van der Waals surface area (Å²) < 4.78 is 16.1. The molecule has 0 unspecified atom stereocenters. The van der Waals surface area contributed by atoms with E-state index in [-0.39, 0.29) is 16.5 Å². The Labute approximate surface area is 158 Å². The minimum atomic E-state index is -0.564. The summed E-state index contributed by atoms with van der Waals surface area (Å²) in [7, 11) is 0. The van der Waals surface area contributed by atoms with Crippen LogP contribution in [0.1, 0.15) is 35.9 Å². The van der Waals surface area contributed by atoms with Crippen molar-refractivity contribution in [2.24, 2.45) is 0 Å². The first-order valence-corrected chi connectivity index (χ1v) is 9.32. The van der Waals surface area contributed by atoms with Gasteiger partial charge in [-0.1, -0.05) is 31.5 Å². The second kappa shape index (κ2) is 8.18. The molecule has 0 atom stereocenters. The summed E-state index contributed by atoms with van der Waals surface area (Å²) in [5.74, 6) is 0.591. The summed E-state index contributed by atoms with van der Waals surface area (Å²) in [5.41, 5.74) is -0.0254. The second-order valence-corrected chi connectivity index (χ2v) is 7.27. The van der Waals surface area contributed by atoms with E-state index in [0.717, 1.165) is 32.0 Å². The van der Waals surface area contributed by atoms with Gasteiger partial charge in [0.25, 0.3) is 5.91 Å². The van der Waals surface area contributed by atoms with Crippen molar-refractivity contribution < 1.29 is 9.18 Å². The number of piperazine rings is 1. The number of nitrogens with zero attached hydrogens (tertiary/aromatic N) is 4. The molecule has 0 spiro atoms. The van der Waals surface area contributed by atoms with Gasteiger partial charge in [0.2, 0.25) is 0 Å². The molecule has 0 saturated carbocycles. The maximum Gasteiger partial charge on any atom is 0.258 e. The molecule has 0 aliphatic carbocycles. The average molecular weight is 379 g/mol. The highest BCUT2D eigenvalue weighted by molar-refractivity contribution is 6.33. The topological polar surface area (TPSA) is 41.4 Å². The quantitative estimate of drug-likeness (QED) is 0.802. The van der Waals surface area contributed by atoms with Crippen LogP contribution >= 0.6 is 11.6 Å². The van der Waals surface area contributed by atoms with Crippen LogP contribution in [0.15, 0.2) is 30.6 Å². The summed E-state index contributed by atoms with van der Waals surface area (Å²) in [5, 5.41) is 0.166. The normalized spacial score (nSPS) is 15.7. The number of carbonyl (C=O) groups is 1. The van der Waals surface area contributed by atoms with E-state index in [9.17, 15) is 9.18 Å². The van der Waals surface area contributed by atoms with Crippen LogP contribution in [-0.4, -0.2) is 58.0 Å². The van der Waals surface area contributed by atoms with Crippen LogP contribution in [-0.2, 0) is 6.54 Å². The van der Waals surface area contributed by atoms with Gasteiger partial charge in [-0.05, 0) is 12.1 Å². The Morgan fingerprint density at radius 3 is 2.62 bits per heavy atom. The Morgan fingerprint density at radius 2 is 1.96 bits per heavy atom. The van der Waals surface area contributed by atoms with Crippen molar-refractivity contribution in [3.05, 3.63) is 52.8 Å². The van der Waals surface area contributed by atoms with E-state index < -0.39 is 5.82 Å². The standard InChI is InChI=1S/C19H24ClFN4O/c1-14(2)18-22-6-7-24(18)11-8-23-9-12-25(13-10-23)19(26)17-15(20)4-3-5-16(17)21/h3-7,14H,8-13H2,1-2H3. The van der Waals surface area contributed by atoms with Crippen molar-refractivity contribution in [1.29, 1.82) is 0 Å². The molecule has 0 radical (unpaired) electrons. The van der Waals surface area contributed by atoms with E-state index in [1.165, 1.54) is 12.1 Å². The van der Waals surface area contributed by atoms with E-state index >= 15 is 0 Å². The predicted octanol–water partition coefficient (Wildman–Crippen LogP) is 3.26. The van der Waals surface area contributed by atoms with E-state index in [4.69, 9.17) is 11.6 Å². The SMILES string of the molecule is CC(C)c1nccn1CCN1CCN(C(=O)c2c(F)cccc2Cl)CC1. The maximum absolute atomic E-state index is 14.0. The van der Waals surface area contributed by atoms with Gasteiger partial charge in [-0.2, -0.15) is 0 Å². The fourth-order valence-corrected chi connectivity index (χ4v) is 3.54. The molecule has 5 nitrogen and oxygen atoms in total. The Hall–Kier alpha value is -1.92.